The molecule has 1 aliphatic rings. The van der Waals surface area contributed by atoms with Gasteiger partial charge in [0.25, 0.3) is 0 Å². The molecule has 0 bridgehead atoms. The SMILES string of the molecule is CCCCCOc1cc(-c2cc(/C=C/C(=O)OCC)ccc2O)cc2c1C(C)(C)CCC2(C)C. The van der Waals surface area contributed by atoms with Crippen LogP contribution in [0.4, 0.5) is 0 Å². The lowest BCUT2D eigenvalue weighted by atomic mass is 9.62. The van der Waals surface area contributed by atoms with Crippen molar-refractivity contribution in [3.05, 3.63) is 53.1 Å². The molecule has 1 N–H and O–H groups in total. The van der Waals surface area contributed by atoms with E-state index in [2.05, 4.69) is 46.8 Å². The summed E-state index contributed by atoms with van der Waals surface area (Å²) in [5.74, 6) is 0.754. The second-order valence-electron chi connectivity index (χ2n) is 10.6. The third-order valence-corrected chi connectivity index (χ3v) is 6.92. The quantitative estimate of drug-likeness (QED) is 0.236. The van der Waals surface area contributed by atoms with Crippen LogP contribution in [0.1, 0.15) is 90.3 Å². The molecule has 0 amide bonds. The maximum atomic E-state index is 11.7. The largest absolute Gasteiger partial charge is 0.507 e. The number of carbonyl (C=O) groups excluding carboxylic acids is 1. The molecule has 0 fully saturated rings. The molecule has 0 unspecified atom stereocenters. The first-order valence-electron chi connectivity index (χ1n) is 12.6. The summed E-state index contributed by atoms with van der Waals surface area (Å²) in [6.45, 7) is 14.2. The summed E-state index contributed by atoms with van der Waals surface area (Å²) >= 11 is 0. The van der Waals surface area contributed by atoms with E-state index < -0.39 is 0 Å². The molecule has 0 saturated carbocycles. The topological polar surface area (TPSA) is 55.8 Å². The first kappa shape index (κ1) is 25.9. The molecule has 4 nitrogen and oxygen atoms in total. The lowest BCUT2D eigenvalue weighted by Crippen LogP contribution is -2.34. The van der Waals surface area contributed by atoms with Crippen molar-refractivity contribution in [2.24, 2.45) is 0 Å². The Morgan fingerprint density at radius 1 is 1.03 bits per heavy atom. The normalized spacial score (nSPS) is 16.3. The van der Waals surface area contributed by atoms with Crippen molar-refractivity contribution < 1.29 is 19.4 Å². The highest BCUT2D eigenvalue weighted by molar-refractivity contribution is 5.87. The minimum atomic E-state index is -0.377. The fourth-order valence-corrected chi connectivity index (χ4v) is 4.78. The summed E-state index contributed by atoms with van der Waals surface area (Å²) in [6.07, 6.45) is 8.66. The second-order valence-corrected chi connectivity index (χ2v) is 10.6. The maximum absolute atomic E-state index is 11.7. The zero-order chi connectivity index (χ0) is 24.9. The van der Waals surface area contributed by atoms with Gasteiger partial charge in [0, 0.05) is 17.2 Å². The average Bonchev–Trinajstić information content (AvgIpc) is 2.79. The number of benzene rings is 2. The average molecular weight is 465 g/mol. The van der Waals surface area contributed by atoms with Gasteiger partial charge >= 0.3 is 5.97 Å². The molecule has 0 aliphatic heterocycles. The van der Waals surface area contributed by atoms with Crippen LogP contribution in [0.2, 0.25) is 0 Å². The van der Waals surface area contributed by atoms with Crippen molar-refractivity contribution in [3.8, 4) is 22.6 Å². The summed E-state index contributed by atoms with van der Waals surface area (Å²) in [7, 11) is 0. The number of aromatic hydroxyl groups is 1. The molecule has 34 heavy (non-hydrogen) atoms. The summed E-state index contributed by atoms with van der Waals surface area (Å²) in [6, 6.07) is 9.69. The fourth-order valence-electron chi connectivity index (χ4n) is 4.78. The number of hydrogen-bond acceptors (Lipinski definition) is 4. The molecule has 0 saturated heterocycles. The molecular formula is C30H40O4. The minimum absolute atomic E-state index is 0.0133. The van der Waals surface area contributed by atoms with Crippen LogP contribution in [0.15, 0.2) is 36.4 Å². The molecule has 0 radical (unpaired) electrons. The Morgan fingerprint density at radius 2 is 1.76 bits per heavy atom. The molecule has 2 aromatic rings. The number of ether oxygens (including phenoxy) is 2. The highest BCUT2D eigenvalue weighted by atomic mass is 16.5. The van der Waals surface area contributed by atoms with Crippen LogP contribution < -0.4 is 4.74 Å². The number of carbonyl (C=O) groups is 1. The van der Waals surface area contributed by atoms with Crippen LogP contribution in [-0.4, -0.2) is 24.3 Å². The lowest BCUT2D eigenvalue weighted by Gasteiger charge is -2.43. The molecular weight excluding hydrogens is 424 g/mol. The number of rotatable bonds is 9. The molecule has 0 heterocycles. The molecule has 3 rings (SSSR count). The van der Waals surface area contributed by atoms with Gasteiger partial charge in [-0.25, -0.2) is 4.79 Å². The van der Waals surface area contributed by atoms with Gasteiger partial charge in [-0.1, -0.05) is 53.5 Å². The lowest BCUT2D eigenvalue weighted by molar-refractivity contribution is -0.137. The van der Waals surface area contributed by atoms with Crippen LogP contribution >= 0.6 is 0 Å². The van der Waals surface area contributed by atoms with Gasteiger partial charge in [-0.15, -0.1) is 0 Å². The van der Waals surface area contributed by atoms with Crippen LogP contribution in [0.5, 0.6) is 11.5 Å². The third kappa shape index (κ3) is 5.84. The van der Waals surface area contributed by atoms with E-state index in [1.54, 1.807) is 25.1 Å². The Kier molecular flexibility index (Phi) is 8.12. The van der Waals surface area contributed by atoms with Gasteiger partial charge in [-0.05, 0) is 84.0 Å². The highest BCUT2D eigenvalue weighted by Crippen LogP contribution is 2.51. The van der Waals surface area contributed by atoms with E-state index in [9.17, 15) is 9.90 Å². The maximum Gasteiger partial charge on any atom is 0.330 e. The van der Waals surface area contributed by atoms with Crippen molar-refractivity contribution in [3.63, 3.8) is 0 Å². The van der Waals surface area contributed by atoms with Gasteiger partial charge < -0.3 is 14.6 Å². The van der Waals surface area contributed by atoms with Crippen LogP contribution in [0.3, 0.4) is 0 Å². The molecule has 0 atom stereocenters. The predicted octanol–water partition coefficient (Wildman–Crippen LogP) is 7.55. The number of phenolic OH excluding ortho intramolecular Hbond substituents is 1. The number of unbranched alkanes of at least 4 members (excludes halogenated alkanes) is 2. The Hall–Kier alpha value is -2.75. The van der Waals surface area contributed by atoms with E-state index >= 15 is 0 Å². The zero-order valence-electron chi connectivity index (χ0n) is 21.7. The van der Waals surface area contributed by atoms with Gasteiger partial charge in [0.15, 0.2) is 0 Å². The standard InChI is InChI=1S/C30H40O4/c1-7-9-10-17-34-26-20-22(19-24-28(26)30(5,6)16-15-29(24,3)4)23-18-21(11-13-25(23)31)12-14-27(32)33-8-2/h11-14,18-20,31H,7-10,15-17H2,1-6H3/b14-12+. The Morgan fingerprint density at radius 3 is 2.47 bits per heavy atom. The van der Waals surface area contributed by atoms with Crippen molar-refractivity contribution in [2.45, 2.75) is 84.5 Å². The summed E-state index contributed by atoms with van der Waals surface area (Å²) in [5.41, 5.74) is 5.10. The predicted molar refractivity (Wildman–Crippen MR) is 140 cm³/mol. The first-order valence-corrected chi connectivity index (χ1v) is 12.6. The highest BCUT2D eigenvalue weighted by Gasteiger charge is 2.39. The molecule has 0 spiro atoms. The van der Waals surface area contributed by atoms with Crippen molar-refractivity contribution in [1.82, 2.24) is 0 Å². The van der Waals surface area contributed by atoms with Crippen molar-refractivity contribution >= 4 is 12.0 Å². The van der Waals surface area contributed by atoms with E-state index in [-0.39, 0.29) is 22.5 Å². The van der Waals surface area contributed by atoms with Gasteiger partial charge in [0.2, 0.25) is 0 Å². The third-order valence-electron chi connectivity index (χ3n) is 6.92. The number of phenols is 1. The molecule has 0 aromatic heterocycles. The number of hydrogen-bond donors (Lipinski definition) is 1. The first-order chi connectivity index (χ1) is 16.1. The number of fused-ring (bicyclic) bond motifs is 1. The zero-order valence-corrected chi connectivity index (χ0v) is 21.7. The second kappa shape index (κ2) is 10.7. The smallest absolute Gasteiger partial charge is 0.330 e. The fraction of sp³-hybridized carbons (Fsp3) is 0.500. The van der Waals surface area contributed by atoms with Gasteiger partial charge in [0.1, 0.15) is 11.5 Å². The summed E-state index contributed by atoms with van der Waals surface area (Å²) < 4.78 is 11.4. The molecule has 184 valence electrons. The molecule has 1 aliphatic carbocycles. The summed E-state index contributed by atoms with van der Waals surface area (Å²) in [5, 5.41) is 10.8. The Balaban J connectivity index is 2.10. The van der Waals surface area contributed by atoms with Gasteiger partial charge in [-0.3, -0.25) is 0 Å². The van der Waals surface area contributed by atoms with Crippen LogP contribution in [-0.2, 0) is 20.4 Å². The van der Waals surface area contributed by atoms with E-state index in [4.69, 9.17) is 9.47 Å². The Labute approximate surface area is 205 Å². The van der Waals surface area contributed by atoms with E-state index in [1.807, 2.05) is 6.07 Å². The van der Waals surface area contributed by atoms with E-state index in [1.165, 1.54) is 17.2 Å². The van der Waals surface area contributed by atoms with Gasteiger partial charge in [-0.2, -0.15) is 0 Å². The minimum Gasteiger partial charge on any atom is -0.507 e. The van der Waals surface area contributed by atoms with E-state index in [0.29, 0.717) is 13.2 Å². The molecule has 4 heteroatoms. The van der Waals surface area contributed by atoms with Crippen LogP contribution in [0.25, 0.3) is 17.2 Å². The monoisotopic (exact) mass is 464 g/mol. The van der Waals surface area contributed by atoms with Gasteiger partial charge in [0.05, 0.1) is 13.2 Å². The summed E-state index contributed by atoms with van der Waals surface area (Å²) in [4.78, 5) is 11.7. The molecule has 2 aromatic carbocycles. The van der Waals surface area contributed by atoms with Crippen LogP contribution in [0, 0.1) is 0 Å². The Bertz CT molecular complexity index is 1050. The van der Waals surface area contributed by atoms with Crippen molar-refractivity contribution in [1.29, 1.82) is 0 Å². The van der Waals surface area contributed by atoms with E-state index in [0.717, 1.165) is 54.5 Å². The van der Waals surface area contributed by atoms with Crippen molar-refractivity contribution in [2.75, 3.05) is 13.2 Å². The number of esters is 1.